The summed E-state index contributed by atoms with van der Waals surface area (Å²) in [6.07, 6.45) is 10.3. The average molecular weight is 225 g/mol. The lowest BCUT2D eigenvalue weighted by molar-refractivity contribution is 1.53. The zero-order chi connectivity index (χ0) is 12.7. The van der Waals surface area contributed by atoms with Crippen LogP contribution < -0.4 is 5.73 Å². The van der Waals surface area contributed by atoms with Crippen LogP contribution in [0.15, 0.2) is 66.3 Å². The van der Waals surface area contributed by atoms with E-state index < -0.39 is 0 Å². The highest BCUT2D eigenvalue weighted by Crippen LogP contribution is 2.10. The van der Waals surface area contributed by atoms with Crippen LogP contribution in [-0.2, 0) is 0 Å². The van der Waals surface area contributed by atoms with Gasteiger partial charge in [-0.2, -0.15) is 0 Å². The van der Waals surface area contributed by atoms with Gasteiger partial charge in [-0.05, 0) is 37.1 Å². The van der Waals surface area contributed by atoms with Crippen LogP contribution >= 0.6 is 0 Å². The van der Waals surface area contributed by atoms with Gasteiger partial charge in [-0.1, -0.05) is 54.7 Å². The Labute approximate surface area is 104 Å². The van der Waals surface area contributed by atoms with E-state index in [4.69, 9.17) is 5.73 Å². The first-order chi connectivity index (χ1) is 8.11. The second-order valence-corrected chi connectivity index (χ2v) is 3.97. The molecule has 0 aromatic heterocycles. The fraction of sp³-hybridized carbons (Fsp3) is 0.125. The summed E-state index contributed by atoms with van der Waals surface area (Å²) in [5, 5.41) is 0. The van der Waals surface area contributed by atoms with Gasteiger partial charge in [0.1, 0.15) is 0 Å². The summed E-state index contributed by atoms with van der Waals surface area (Å²) in [4.78, 5) is 0. The summed E-state index contributed by atoms with van der Waals surface area (Å²) in [5.74, 6) is 0. The molecule has 1 nitrogen and oxygen atoms in total. The molecule has 2 N–H and O–H groups in total. The molecule has 0 radical (unpaired) electrons. The van der Waals surface area contributed by atoms with Gasteiger partial charge in [-0.15, -0.1) is 0 Å². The number of nitrogens with two attached hydrogens (primary N) is 1. The molecule has 0 saturated carbocycles. The lowest BCUT2D eigenvalue weighted by Crippen LogP contribution is -1.82. The fourth-order valence-corrected chi connectivity index (χ4v) is 1.29. The Hall–Kier alpha value is -2.02. The molecule has 17 heavy (non-hydrogen) atoms. The van der Waals surface area contributed by atoms with Gasteiger partial charge in [-0.3, -0.25) is 0 Å². The zero-order valence-electron chi connectivity index (χ0n) is 10.5. The second kappa shape index (κ2) is 6.54. The topological polar surface area (TPSA) is 26.0 Å². The van der Waals surface area contributed by atoms with Crippen LogP contribution in [0.2, 0.25) is 0 Å². The molecule has 0 saturated heterocycles. The van der Waals surface area contributed by atoms with E-state index >= 15 is 0 Å². The smallest absolute Gasteiger partial charge is 0.0314 e. The first-order valence-electron chi connectivity index (χ1n) is 5.65. The Morgan fingerprint density at radius 1 is 1.12 bits per heavy atom. The number of hydrogen-bond acceptors (Lipinski definition) is 1. The molecule has 1 aromatic carbocycles. The van der Waals surface area contributed by atoms with Crippen molar-refractivity contribution >= 4 is 11.8 Å². The van der Waals surface area contributed by atoms with Crippen LogP contribution in [0.5, 0.6) is 0 Å². The van der Waals surface area contributed by atoms with Crippen molar-refractivity contribution in [1.82, 2.24) is 0 Å². The van der Waals surface area contributed by atoms with E-state index in [9.17, 15) is 0 Å². The van der Waals surface area contributed by atoms with Crippen LogP contribution in [0, 0.1) is 0 Å². The monoisotopic (exact) mass is 225 g/mol. The second-order valence-electron chi connectivity index (χ2n) is 3.97. The lowest BCUT2D eigenvalue weighted by atomic mass is 10.1. The fourth-order valence-electron chi connectivity index (χ4n) is 1.29. The summed E-state index contributed by atoms with van der Waals surface area (Å²) < 4.78 is 0. The average Bonchev–Trinajstić information content (AvgIpc) is 2.31. The molecule has 88 valence electrons. The molecule has 0 unspecified atom stereocenters. The van der Waals surface area contributed by atoms with Crippen LogP contribution in [0.25, 0.3) is 6.08 Å². The standard InChI is InChI=1S/C16H19N/c1-4-14(6-5-13(2)3)7-8-15-9-11-16(17)12-10-15/h4-12H,2,17H2,1,3H3/b6-5-,8-7+,14-4+. The van der Waals surface area contributed by atoms with Crippen molar-refractivity contribution in [1.29, 1.82) is 0 Å². The maximum atomic E-state index is 5.63. The molecule has 0 heterocycles. The van der Waals surface area contributed by atoms with Gasteiger partial charge in [0.25, 0.3) is 0 Å². The molecular formula is C16H19N. The highest BCUT2D eigenvalue weighted by Gasteiger charge is 1.88. The van der Waals surface area contributed by atoms with Gasteiger partial charge in [0.05, 0.1) is 0 Å². The van der Waals surface area contributed by atoms with E-state index in [-0.39, 0.29) is 0 Å². The van der Waals surface area contributed by atoms with Crippen molar-refractivity contribution in [3.63, 3.8) is 0 Å². The van der Waals surface area contributed by atoms with Crippen LogP contribution in [0.4, 0.5) is 5.69 Å². The molecular weight excluding hydrogens is 206 g/mol. The Morgan fingerprint density at radius 2 is 1.76 bits per heavy atom. The Morgan fingerprint density at radius 3 is 2.29 bits per heavy atom. The minimum absolute atomic E-state index is 0.788. The van der Waals surface area contributed by atoms with Gasteiger partial charge in [0, 0.05) is 5.69 Å². The van der Waals surface area contributed by atoms with Crippen molar-refractivity contribution in [3.8, 4) is 0 Å². The molecule has 0 atom stereocenters. The van der Waals surface area contributed by atoms with Gasteiger partial charge < -0.3 is 5.73 Å². The predicted molar refractivity (Wildman–Crippen MR) is 77.6 cm³/mol. The molecule has 0 fully saturated rings. The number of rotatable bonds is 4. The number of allylic oxidation sites excluding steroid dienone is 6. The van der Waals surface area contributed by atoms with Crippen LogP contribution in [0.1, 0.15) is 19.4 Å². The molecule has 0 aliphatic heterocycles. The largest absolute Gasteiger partial charge is 0.399 e. The van der Waals surface area contributed by atoms with Crippen molar-refractivity contribution < 1.29 is 0 Å². The van der Waals surface area contributed by atoms with Gasteiger partial charge in [0.15, 0.2) is 0 Å². The van der Waals surface area contributed by atoms with Crippen LogP contribution in [0.3, 0.4) is 0 Å². The predicted octanol–water partition coefficient (Wildman–Crippen LogP) is 4.36. The molecule has 1 aromatic rings. The number of nitrogen functional groups attached to an aromatic ring is 1. The summed E-state index contributed by atoms with van der Waals surface area (Å²) >= 11 is 0. The van der Waals surface area contributed by atoms with E-state index in [0.717, 1.165) is 22.4 Å². The number of anilines is 1. The molecule has 0 bridgehead atoms. The highest BCUT2D eigenvalue weighted by atomic mass is 14.5. The van der Waals surface area contributed by atoms with Crippen molar-refractivity contribution in [2.75, 3.05) is 5.73 Å². The summed E-state index contributed by atoms with van der Waals surface area (Å²) in [5.41, 5.74) is 9.77. The SMILES string of the molecule is C=C(C)\C=C/C(/C=C/c1ccc(N)cc1)=C\C. The quantitative estimate of drug-likeness (QED) is 0.598. The Kier molecular flexibility index (Phi) is 5.02. The van der Waals surface area contributed by atoms with Gasteiger partial charge >= 0.3 is 0 Å². The van der Waals surface area contributed by atoms with E-state index in [1.165, 1.54) is 0 Å². The van der Waals surface area contributed by atoms with Crippen molar-refractivity contribution in [3.05, 3.63) is 71.9 Å². The summed E-state index contributed by atoms with van der Waals surface area (Å²) in [7, 11) is 0. The molecule has 1 rings (SSSR count). The summed E-state index contributed by atoms with van der Waals surface area (Å²) in [6.45, 7) is 7.84. The third-order valence-corrected chi connectivity index (χ3v) is 2.30. The van der Waals surface area contributed by atoms with E-state index in [0.29, 0.717) is 0 Å². The maximum absolute atomic E-state index is 5.63. The Balaban J connectivity index is 2.75. The third-order valence-electron chi connectivity index (χ3n) is 2.30. The van der Waals surface area contributed by atoms with E-state index in [1.807, 2.05) is 44.2 Å². The summed E-state index contributed by atoms with van der Waals surface area (Å²) in [6, 6.07) is 7.81. The van der Waals surface area contributed by atoms with Gasteiger partial charge in [0.2, 0.25) is 0 Å². The lowest BCUT2D eigenvalue weighted by Gasteiger charge is -1.96. The first-order valence-corrected chi connectivity index (χ1v) is 5.65. The zero-order valence-corrected chi connectivity index (χ0v) is 10.5. The first kappa shape index (κ1) is 13.0. The molecule has 0 aliphatic carbocycles. The minimum Gasteiger partial charge on any atom is -0.399 e. The van der Waals surface area contributed by atoms with Gasteiger partial charge in [-0.25, -0.2) is 0 Å². The Bertz CT molecular complexity index is 459. The van der Waals surface area contributed by atoms with Crippen molar-refractivity contribution in [2.24, 2.45) is 0 Å². The molecule has 0 amide bonds. The van der Waals surface area contributed by atoms with Crippen molar-refractivity contribution in [2.45, 2.75) is 13.8 Å². The molecule has 0 aliphatic rings. The molecule has 1 heteroatoms. The van der Waals surface area contributed by atoms with E-state index in [1.54, 1.807) is 0 Å². The number of hydrogen-bond donors (Lipinski definition) is 1. The number of benzene rings is 1. The van der Waals surface area contributed by atoms with Crippen LogP contribution in [-0.4, -0.2) is 0 Å². The highest BCUT2D eigenvalue weighted by molar-refractivity contribution is 5.57. The normalized spacial score (nSPS) is 12.5. The molecule has 0 spiro atoms. The maximum Gasteiger partial charge on any atom is 0.0314 e. The minimum atomic E-state index is 0.788. The third kappa shape index (κ3) is 5.03. The van der Waals surface area contributed by atoms with E-state index in [2.05, 4.69) is 30.9 Å².